The van der Waals surface area contributed by atoms with Crippen LogP contribution in [0.3, 0.4) is 0 Å². The summed E-state index contributed by atoms with van der Waals surface area (Å²) in [5, 5.41) is 6.62. The van der Waals surface area contributed by atoms with Gasteiger partial charge in [-0.1, -0.05) is 59.7 Å². The van der Waals surface area contributed by atoms with Crippen molar-refractivity contribution in [2.45, 2.75) is 32.7 Å². The molecule has 1 atom stereocenters. The molecule has 1 aliphatic rings. The summed E-state index contributed by atoms with van der Waals surface area (Å²) < 4.78 is 0. The van der Waals surface area contributed by atoms with Gasteiger partial charge in [0.1, 0.15) is 0 Å². The molecule has 1 unspecified atom stereocenters. The Bertz CT molecular complexity index is 665. The van der Waals surface area contributed by atoms with Gasteiger partial charge < -0.3 is 10.6 Å². The molecule has 134 valence electrons. The van der Waals surface area contributed by atoms with Crippen LogP contribution in [0.2, 0.25) is 0 Å². The second-order valence-corrected chi connectivity index (χ2v) is 6.81. The lowest BCUT2D eigenvalue weighted by Crippen LogP contribution is -2.42. The van der Waals surface area contributed by atoms with E-state index in [1.807, 2.05) is 0 Å². The number of amides is 1. The minimum absolute atomic E-state index is 0. The summed E-state index contributed by atoms with van der Waals surface area (Å²) in [6.45, 7) is 5.97. The van der Waals surface area contributed by atoms with E-state index < -0.39 is 0 Å². The fourth-order valence-corrected chi connectivity index (χ4v) is 3.39. The molecule has 2 aromatic carbocycles. The first-order valence-electron chi connectivity index (χ1n) is 8.78. The van der Waals surface area contributed by atoms with Crippen molar-refractivity contribution in [1.82, 2.24) is 10.6 Å². The van der Waals surface area contributed by atoms with Crippen molar-refractivity contribution < 1.29 is 4.79 Å². The Labute approximate surface area is 156 Å². The summed E-state index contributed by atoms with van der Waals surface area (Å²) in [6.07, 6.45) is 2.03. The largest absolute Gasteiger partial charge is 0.345 e. The number of benzene rings is 2. The molecule has 1 saturated heterocycles. The Hall–Kier alpha value is -1.84. The van der Waals surface area contributed by atoms with Crippen LogP contribution in [0.15, 0.2) is 48.5 Å². The van der Waals surface area contributed by atoms with E-state index in [2.05, 4.69) is 73.0 Å². The van der Waals surface area contributed by atoms with E-state index in [4.69, 9.17) is 0 Å². The number of nitrogens with one attached hydrogen (secondary N) is 2. The fourth-order valence-electron chi connectivity index (χ4n) is 3.39. The summed E-state index contributed by atoms with van der Waals surface area (Å²) >= 11 is 0. The molecule has 1 aliphatic heterocycles. The highest BCUT2D eigenvalue weighted by molar-refractivity contribution is 5.85. The number of halogens is 1. The molecule has 1 amide bonds. The number of carbonyl (C=O) groups excluding carboxylic acids is 1. The molecule has 0 radical (unpaired) electrons. The van der Waals surface area contributed by atoms with Crippen LogP contribution >= 0.6 is 12.4 Å². The van der Waals surface area contributed by atoms with E-state index in [0.29, 0.717) is 0 Å². The number of piperidine rings is 1. The Kier molecular flexibility index (Phi) is 7.03. The summed E-state index contributed by atoms with van der Waals surface area (Å²) in [5.41, 5.74) is 4.69. The highest BCUT2D eigenvalue weighted by atomic mass is 35.5. The maximum Gasteiger partial charge on any atom is 0.225 e. The van der Waals surface area contributed by atoms with Gasteiger partial charge in [0.15, 0.2) is 0 Å². The first-order chi connectivity index (χ1) is 11.6. The first-order valence-corrected chi connectivity index (χ1v) is 8.78. The van der Waals surface area contributed by atoms with E-state index in [1.54, 1.807) is 0 Å². The molecule has 1 fully saturated rings. The van der Waals surface area contributed by atoms with Crippen molar-refractivity contribution in [3.05, 3.63) is 70.8 Å². The molecule has 3 rings (SSSR count). The zero-order chi connectivity index (χ0) is 16.9. The van der Waals surface area contributed by atoms with Crippen LogP contribution in [0.25, 0.3) is 0 Å². The van der Waals surface area contributed by atoms with Crippen LogP contribution in [-0.2, 0) is 4.79 Å². The molecular formula is C21H27ClN2O. The van der Waals surface area contributed by atoms with Gasteiger partial charge in [-0.25, -0.2) is 0 Å². The number of carbonyl (C=O) groups is 1. The third-order valence-electron chi connectivity index (χ3n) is 4.71. The molecule has 0 aliphatic carbocycles. The van der Waals surface area contributed by atoms with Gasteiger partial charge in [-0.2, -0.15) is 0 Å². The van der Waals surface area contributed by atoms with Crippen molar-refractivity contribution in [1.29, 1.82) is 0 Å². The van der Waals surface area contributed by atoms with Crippen LogP contribution in [0.1, 0.15) is 41.1 Å². The van der Waals surface area contributed by atoms with Gasteiger partial charge in [-0.3, -0.25) is 4.79 Å². The second-order valence-electron chi connectivity index (χ2n) is 6.81. The van der Waals surface area contributed by atoms with Crippen LogP contribution in [0.4, 0.5) is 0 Å². The molecule has 1 heterocycles. The minimum Gasteiger partial charge on any atom is -0.345 e. The van der Waals surface area contributed by atoms with Gasteiger partial charge in [-0.15, -0.1) is 12.4 Å². The molecule has 0 aromatic heterocycles. The lowest BCUT2D eigenvalue weighted by molar-refractivity contribution is -0.126. The topological polar surface area (TPSA) is 41.1 Å². The smallest absolute Gasteiger partial charge is 0.225 e. The summed E-state index contributed by atoms with van der Waals surface area (Å²) in [5.74, 6) is 0.214. The first kappa shape index (κ1) is 19.5. The zero-order valence-corrected chi connectivity index (χ0v) is 15.7. The fraction of sp³-hybridized carbons (Fsp3) is 0.381. The third kappa shape index (κ3) is 5.07. The molecule has 4 heteroatoms. The number of aryl methyl sites for hydroxylation is 2. The van der Waals surface area contributed by atoms with Crippen LogP contribution in [-0.4, -0.2) is 19.0 Å². The SMILES string of the molecule is Cc1cccc(C(NC(=O)C2CCCNC2)c2cccc(C)c2)c1.Cl. The van der Waals surface area contributed by atoms with Gasteiger partial charge in [0, 0.05) is 6.54 Å². The number of hydrogen-bond acceptors (Lipinski definition) is 2. The molecule has 0 spiro atoms. The molecule has 2 aromatic rings. The van der Waals surface area contributed by atoms with E-state index >= 15 is 0 Å². The lowest BCUT2D eigenvalue weighted by atomic mass is 9.94. The Morgan fingerprint density at radius 1 is 1.08 bits per heavy atom. The van der Waals surface area contributed by atoms with Crippen LogP contribution in [0.5, 0.6) is 0 Å². The third-order valence-corrected chi connectivity index (χ3v) is 4.71. The zero-order valence-electron chi connectivity index (χ0n) is 14.9. The van der Waals surface area contributed by atoms with Gasteiger partial charge in [-0.05, 0) is 44.4 Å². The Morgan fingerprint density at radius 2 is 1.68 bits per heavy atom. The highest BCUT2D eigenvalue weighted by Crippen LogP contribution is 2.25. The quantitative estimate of drug-likeness (QED) is 0.869. The highest BCUT2D eigenvalue weighted by Gasteiger charge is 2.24. The Morgan fingerprint density at radius 3 is 2.16 bits per heavy atom. The van der Waals surface area contributed by atoms with Crippen molar-refractivity contribution in [2.24, 2.45) is 5.92 Å². The van der Waals surface area contributed by atoms with Crippen molar-refractivity contribution in [3.8, 4) is 0 Å². The van der Waals surface area contributed by atoms with E-state index in [9.17, 15) is 4.79 Å². The predicted octanol–water partition coefficient (Wildman–Crippen LogP) is 3.93. The maximum atomic E-state index is 12.8. The monoisotopic (exact) mass is 358 g/mol. The van der Waals surface area contributed by atoms with Crippen LogP contribution in [0, 0.1) is 19.8 Å². The second kappa shape index (κ2) is 9.02. The summed E-state index contributed by atoms with van der Waals surface area (Å²) in [7, 11) is 0. The van der Waals surface area contributed by atoms with Gasteiger partial charge in [0.25, 0.3) is 0 Å². The Balaban J connectivity index is 0.00000225. The van der Waals surface area contributed by atoms with Crippen LogP contribution < -0.4 is 10.6 Å². The molecule has 25 heavy (non-hydrogen) atoms. The molecule has 0 saturated carbocycles. The molecule has 2 N–H and O–H groups in total. The van der Waals surface area contributed by atoms with Gasteiger partial charge in [0.2, 0.25) is 5.91 Å². The maximum absolute atomic E-state index is 12.8. The lowest BCUT2D eigenvalue weighted by Gasteiger charge is -2.26. The molecule has 3 nitrogen and oxygen atoms in total. The molecule has 0 bridgehead atoms. The average Bonchev–Trinajstić information content (AvgIpc) is 2.60. The number of rotatable bonds is 4. The minimum atomic E-state index is -0.0979. The van der Waals surface area contributed by atoms with Crippen molar-refractivity contribution >= 4 is 18.3 Å². The van der Waals surface area contributed by atoms with E-state index in [0.717, 1.165) is 37.1 Å². The predicted molar refractivity (Wildman–Crippen MR) is 105 cm³/mol. The summed E-state index contributed by atoms with van der Waals surface area (Å²) in [4.78, 5) is 12.8. The standard InChI is InChI=1S/C21H26N2O.ClH/c1-15-6-3-8-17(12-15)20(18-9-4-7-16(2)13-18)23-21(24)19-10-5-11-22-14-19;/h3-4,6-9,12-13,19-20,22H,5,10-11,14H2,1-2H3,(H,23,24);1H. The van der Waals surface area contributed by atoms with Gasteiger partial charge in [0.05, 0.1) is 12.0 Å². The van der Waals surface area contributed by atoms with Crippen molar-refractivity contribution in [2.75, 3.05) is 13.1 Å². The van der Waals surface area contributed by atoms with E-state index in [1.165, 1.54) is 11.1 Å². The van der Waals surface area contributed by atoms with Gasteiger partial charge >= 0.3 is 0 Å². The summed E-state index contributed by atoms with van der Waals surface area (Å²) in [6, 6.07) is 16.7. The van der Waals surface area contributed by atoms with Crippen molar-refractivity contribution in [3.63, 3.8) is 0 Å². The average molecular weight is 359 g/mol. The molecular weight excluding hydrogens is 332 g/mol. The number of hydrogen-bond donors (Lipinski definition) is 2. The normalized spacial score (nSPS) is 17.0. The van der Waals surface area contributed by atoms with E-state index in [-0.39, 0.29) is 30.3 Å².